The van der Waals surface area contributed by atoms with Crippen LogP contribution >= 0.6 is 15.9 Å². The van der Waals surface area contributed by atoms with Crippen LogP contribution in [0.1, 0.15) is 17.1 Å². The summed E-state index contributed by atoms with van der Waals surface area (Å²) in [5, 5.41) is 9.47. The van der Waals surface area contributed by atoms with Gasteiger partial charge in [-0.3, -0.25) is 0 Å². The molecule has 1 amide bonds. The topological polar surface area (TPSA) is 66.3 Å². The van der Waals surface area contributed by atoms with Gasteiger partial charge < -0.3 is 10.0 Å². The largest absolute Gasteiger partial charge is 0.465 e. The van der Waals surface area contributed by atoms with E-state index >= 15 is 0 Å². The van der Waals surface area contributed by atoms with Crippen molar-refractivity contribution in [2.24, 2.45) is 0 Å². The molecular formula is C9H10BrN3O2. The van der Waals surface area contributed by atoms with E-state index in [9.17, 15) is 4.79 Å². The quantitative estimate of drug-likeness (QED) is 0.785. The van der Waals surface area contributed by atoms with Crippen molar-refractivity contribution in [3.8, 4) is 0 Å². The van der Waals surface area contributed by atoms with Gasteiger partial charge in [-0.05, 0) is 0 Å². The van der Waals surface area contributed by atoms with Gasteiger partial charge in [-0.2, -0.15) is 0 Å². The Balaban J connectivity index is 2.24. The lowest BCUT2D eigenvalue weighted by Crippen LogP contribution is -2.35. The van der Waals surface area contributed by atoms with Gasteiger partial charge in [0.05, 0.1) is 17.6 Å². The first-order chi connectivity index (χ1) is 7.20. The van der Waals surface area contributed by atoms with Gasteiger partial charge in [-0.1, -0.05) is 15.9 Å². The Morgan fingerprint density at radius 1 is 1.67 bits per heavy atom. The lowest BCUT2D eigenvalue weighted by molar-refractivity contribution is 0.139. The number of carboxylic acid groups (broad SMARTS) is 1. The van der Waals surface area contributed by atoms with Crippen LogP contribution in [-0.4, -0.2) is 32.6 Å². The second-order valence-electron chi connectivity index (χ2n) is 3.35. The molecule has 0 saturated carbocycles. The molecule has 0 atom stereocenters. The third kappa shape index (κ3) is 2.09. The minimum Gasteiger partial charge on any atom is -0.465 e. The third-order valence-corrected chi connectivity index (χ3v) is 2.88. The number of rotatable bonds is 1. The highest BCUT2D eigenvalue weighted by Crippen LogP contribution is 2.16. The van der Waals surface area contributed by atoms with Crippen LogP contribution in [0.3, 0.4) is 0 Å². The Kier molecular flexibility index (Phi) is 2.86. The summed E-state index contributed by atoms with van der Waals surface area (Å²) in [6.07, 6.45) is 1.50. The minimum atomic E-state index is -0.884. The first-order valence-corrected chi connectivity index (χ1v) is 5.70. The molecule has 2 rings (SSSR count). The lowest BCUT2D eigenvalue weighted by Gasteiger charge is -2.25. The van der Waals surface area contributed by atoms with Gasteiger partial charge in [0, 0.05) is 24.7 Å². The summed E-state index contributed by atoms with van der Waals surface area (Å²) in [6.45, 7) is 0.911. The van der Waals surface area contributed by atoms with Crippen molar-refractivity contribution in [3.05, 3.63) is 23.3 Å². The van der Waals surface area contributed by atoms with E-state index in [1.165, 1.54) is 4.90 Å². The fraction of sp³-hybridized carbons (Fsp3) is 0.444. The number of nitrogens with zero attached hydrogens (tertiary/aromatic N) is 3. The molecule has 80 valence electrons. The van der Waals surface area contributed by atoms with Crippen LogP contribution in [0.15, 0.2) is 6.20 Å². The van der Waals surface area contributed by atoms with Crippen molar-refractivity contribution in [3.63, 3.8) is 0 Å². The summed E-state index contributed by atoms with van der Waals surface area (Å²) in [6, 6.07) is 0. The number of halogens is 1. The van der Waals surface area contributed by atoms with E-state index < -0.39 is 6.09 Å². The second-order valence-corrected chi connectivity index (χ2v) is 3.91. The van der Waals surface area contributed by atoms with Gasteiger partial charge in [0.25, 0.3) is 0 Å². The lowest BCUT2D eigenvalue weighted by atomic mass is 10.1. The zero-order valence-corrected chi connectivity index (χ0v) is 9.57. The normalized spacial score (nSPS) is 14.9. The zero-order valence-electron chi connectivity index (χ0n) is 7.98. The van der Waals surface area contributed by atoms with E-state index in [0.717, 1.165) is 17.1 Å². The molecule has 1 aliphatic rings. The summed E-state index contributed by atoms with van der Waals surface area (Å²) >= 11 is 3.29. The predicted octanol–water partition coefficient (Wildman–Crippen LogP) is 1.41. The minimum absolute atomic E-state index is 0.396. The maximum absolute atomic E-state index is 10.8. The molecular weight excluding hydrogens is 262 g/mol. The number of alkyl halides is 1. The number of hydrogen-bond acceptors (Lipinski definition) is 3. The smallest absolute Gasteiger partial charge is 0.407 e. The van der Waals surface area contributed by atoms with E-state index in [1.54, 1.807) is 6.20 Å². The molecule has 0 spiro atoms. The van der Waals surface area contributed by atoms with Crippen LogP contribution in [0.5, 0.6) is 0 Å². The van der Waals surface area contributed by atoms with Crippen LogP contribution in [0, 0.1) is 0 Å². The van der Waals surface area contributed by atoms with E-state index in [0.29, 0.717) is 24.8 Å². The Morgan fingerprint density at radius 2 is 2.47 bits per heavy atom. The van der Waals surface area contributed by atoms with Crippen LogP contribution in [0.25, 0.3) is 0 Å². The van der Waals surface area contributed by atoms with Gasteiger partial charge in [0.1, 0.15) is 5.82 Å². The van der Waals surface area contributed by atoms with Gasteiger partial charge >= 0.3 is 6.09 Å². The van der Waals surface area contributed by atoms with E-state index in [1.807, 2.05) is 0 Å². The summed E-state index contributed by atoms with van der Waals surface area (Å²) < 4.78 is 0. The molecule has 15 heavy (non-hydrogen) atoms. The zero-order chi connectivity index (χ0) is 10.8. The summed E-state index contributed by atoms with van der Waals surface area (Å²) in [4.78, 5) is 20.6. The number of carbonyl (C=O) groups is 1. The second kappa shape index (κ2) is 4.14. The molecule has 0 fully saturated rings. The average Bonchev–Trinajstić information content (AvgIpc) is 2.27. The van der Waals surface area contributed by atoms with Crippen molar-refractivity contribution in [2.45, 2.75) is 18.3 Å². The molecule has 0 unspecified atom stereocenters. The summed E-state index contributed by atoms with van der Waals surface area (Å²) in [7, 11) is 0. The number of fused-ring (bicyclic) bond motifs is 1. The van der Waals surface area contributed by atoms with Crippen LogP contribution < -0.4 is 0 Å². The van der Waals surface area contributed by atoms with Gasteiger partial charge in [0.2, 0.25) is 0 Å². The Morgan fingerprint density at radius 3 is 3.13 bits per heavy atom. The van der Waals surface area contributed by atoms with Crippen LogP contribution in [0.4, 0.5) is 4.79 Å². The average molecular weight is 272 g/mol. The summed E-state index contributed by atoms with van der Waals surface area (Å²) in [5.41, 5.74) is 1.88. The molecule has 0 aliphatic carbocycles. The Labute approximate surface area is 95.3 Å². The van der Waals surface area contributed by atoms with E-state index in [2.05, 4.69) is 25.9 Å². The number of hydrogen-bond donors (Lipinski definition) is 1. The molecule has 1 aliphatic heterocycles. The summed E-state index contributed by atoms with van der Waals surface area (Å²) in [5.74, 6) is 0.748. The monoisotopic (exact) mass is 271 g/mol. The number of amides is 1. The highest BCUT2D eigenvalue weighted by molar-refractivity contribution is 9.08. The highest BCUT2D eigenvalue weighted by atomic mass is 79.9. The standard InChI is InChI=1S/C9H10BrN3O2/c10-3-8-11-4-6-5-13(9(14)15)2-1-7(6)12-8/h4H,1-3,5H2,(H,14,15). The maximum Gasteiger partial charge on any atom is 0.407 e. The maximum atomic E-state index is 10.8. The first kappa shape index (κ1) is 10.4. The molecule has 0 radical (unpaired) electrons. The van der Waals surface area contributed by atoms with Crippen LogP contribution in [0.2, 0.25) is 0 Å². The fourth-order valence-electron chi connectivity index (χ4n) is 1.59. The van der Waals surface area contributed by atoms with Gasteiger partial charge in [0.15, 0.2) is 0 Å². The predicted molar refractivity (Wildman–Crippen MR) is 56.8 cm³/mol. The SMILES string of the molecule is O=C(O)N1CCc2nc(CBr)ncc2C1. The highest BCUT2D eigenvalue weighted by Gasteiger charge is 2.21. The van der Waals surface area contributed by atoms with Crippen molar-refractivity contribution in [1.29, 1.82) is 0 Å². The Hall–Kier alpha value is -1.17. The molecule has 0 aromatic carbocycles. The molecule has 1 N–H and O–H groups in total. The first-order valence-electron chi connectivity index (χ1n) is 4.58. The van der Waals surface area contributed by atoms with Crippen LogP contribution in [-0.2, 0) is 18.3 Å². The number of aromatic nitrogens is 2. The van der Waals surface area contributed by atoms with Gasteiger partial charge in [-0.15, -0.1) is 0 Å². The van der Waals surface area contributed by atoms with Crippen molar-refractivity contribution >= 4 is 22.0 Å². The van der Waals surface area contributed by atoms with E-state index in [-0.39, 0.29) is 0 Å². The molecule has 5 nitrogen and oxygen atoms in total. The molecule has 2 heterocycles. The third-order valence-electron chi connectivity index (χ3n) is 2.37. The van der Waals surface area contributed by atoms with Crippen molar-refractivity contribution in [1.82, 2.24) is 14.9 Å². The molecule has 6 heteroatoms. The fourth-order valence-corrected chi connectivity index (χ4v) is 1.86. The van der Waals surface area contributed by atoms with E-state index in [4.69, 9.17) is 5.11 Å². The van der Waals surface area contributed by atoms with Gasteiger partial charge in [-0.25, -0.2) is 14.8 Å². The molecule has 0 saturated heterocycles. The Bertz CT molecular complexity index is 397. The molecule has 1 aromatic rings. The molecule has 0 bridgehead atoms. The van der Waals surface area contributed by atoms with Crippen molar-refractivity contribution in [2.75, 3.05) is 6.54 Å². The van der Waals surface area contributed by atoms with Crippen molar-refractivity contribution < 1.29 is 9.90 Å². The molecule has 1 aromatic heterocycles.